The number of halogens is 3. The molecular formula is C15H15ClF2N2. The van der Waals surface area contributed by atoms with E-state index in [-0.39, 0.29) is 11.1 Å². The van der Waals surface area contributed by atoms with Gasteiger partial charge in [-0.15, -0.1) is 0 Å². The molecule has 2 aromatic carbocycles. The van der Waals surface area contributed by atoms with Crippen LogP contribution in [-0.4, -0.2) is 0 Å². The molecule has 0 fully saturated rings. The number of hydrazine groups is 1. The molecule has 0 heterocycles. The summed E-state index contributed by atoms with van der Waals surface area (Å²) in [6.45, 7) is 3.40. The second-order valence-electron chi connectivity index (χ2n) is 4.72. The van der Waals surface area contributed by atoms with Crippen LogP contribution in [0.2, 0.25) is 5.02 Å². The summed E-state index contributed by atoms with van der Waals surface area (Å²) in [7, 11) is 0. The van der Waals surface area contributed by atoms with E-state index in [0.717, 1.165) is 5.56 Å². The predicted molar refractivity (Wildman–Crippen MR) is 76.5 cm³/mol. The smallest absolute Gasteiger partial charge is 0.164 e. The van der Waals surface area contributed by atoms with Gasteiger partial charge >= 0.3 is 0 Å². The maximum atomic E-state index is 14.1. The van der Waals surface area contributed by atoms with Gasteiger partial charge in [0.2, 0.25) is 0 Å². The molecule has 0 spiro atoms. The zero-order valence-corrected chi connectivity index (χ0v) is 11.9. The number of hydrogen-bond acceptors (Lipinski definition) is 2. The zero-order valence-electron chi connectivity index (χ0n) is 11.2. The van der Waals surface area contributed by atoms with Gasteiger partial charge in [0.1, 0.15) is 0 Å². The van der Waals surface area contributed by atoms with Crippen LogP contribution in [0.15, 0.2) is 30.3 Å². The summed E-state index contributed by atoms with van der Waals surface area (Å²) in [5.41, 5.74) is 4.44. The van der Waals surface area contributed by atoms with Gasteiger partial charge < -0.3 is 0 Å². The number of nitrogens with two attached hydrogens (primary N) is 1. The number of nitrogens with one attached hydrogen (secondary N) is 1. The van der Waals surface area contributed by atoms with E-state index in [9.17, 15) is 8.78 Å². The van der Waals surface area contributed by atoms with Crippen LogP contribution in [0.25, 0.3) is 0 Å². The molecule has 20 heavy (non-hydrogen) atoms. The van der Waals surface area contributed by atoms with Crippen LogP contribution in [0.1, 0.15) is 28.3 Å². The fourth-order valence-corrected chi connectivity index (χ4v) is 2.44. The largest absolute Gasteiger partial charge is 0.271 e. The summed E-state index contributed by atoms with van der Waals surface area (Å²) >= 11 is 6.16. The SMILES string of the molecule is Cc1ccc(C(NN)c2ccc(C)c(F)c2F)c(Cl)c1. The minimum atomic E-state index is -0.912. The van der Waals surface area contributed by atoms with Gasteiger partial charge in [-0.05, 0) is 36.6 Å². The molecule has 0 radical (unpaired) electrons. The third-order valence-electron chi connectivity index (χ3n) is 3.25. The summed E-state index contributed by atoms with van der Waals surface area (Å²) in [5, 5.41) is 0.452. The zero-order chi connectivity index (χ0) is 14.9. The van der Waals surface area contributed by atoms with Gasteiger partial charge in [-0.3, -0.25) is 5.84 Å². The van der Waals surface area contributed by atoms with Gasteiger partial charge in [-0.25, -0.2) is 14.2 Å². The molecule has 5 heteroatoms. The van der Waals surface area contributed by atoms with Crippen molar-refractivity contribution in [2.45, 2.75) is 19.9 Å². The molecule has 2 aromatic rings. The van der Waals surface area contributed by atoms with Crippen molar-refractivity contribution in [3.63, 3.8) is 0 Å². The van der Waals surface area contributed by atoms with Gasteiger partial charge in [-0.2, -0.15) is 0 Å². The molecule has 0 aliphatic rings. The molecule has 1 unspecified atom stereocenters. The fourth-order valence-electron chi connectivity index (χ4n) is 2.10. The summed E-state index contributed by atoms with van der Waals surface area (Å²) in [6.07, 6.45) is 0. The molecule has 2 nitrogen and oxygen atoms in total. The molecule has 0 amide bonds. The summed E-state index contributed by atoms with van der Waals surface area (Å²) < 4.78 is 27.8. The molecular weight excluding hydrogens is 282 g/mol. The van der Waals surface area contributed by atoms with Crippen molar-refractivity contribution >= 4 is 11.6 Å². The third kappa shape index (κ3) is 2.68. The van der Waals surface area contributed by atoms with Crippen molar-refractivity contribution in [1.29, 1.82) is 0 Å². The Labute approximate surface area is 121 Å². The van der Waals surface area contributed by atoms with E-state index in [1.54, 1.807) is 12.1 Å². The monoisotopic (exact) mass is 296 g/mol. The lowest BCUT2D eigenvalue weighted by Gasteiger charge is -2.20. The maximum absolute atomic E-state index is 14.1. The van der Waals surface area contributed by atoms with Crippen LogP contribution in [0.4, 0.5) is 8.78 Å². The number of rotatable bonds is 3. The van der Waals surface area contributed by atoms with Crippen molar-refractivity contribution in [3.8, 4) is 0 Å². The van der Waals surface area contributed by atoms with E-state index in [0.29, 0.717) is 10.6 Å². The highest BCUT2D eigenvalue weighted by Crippen LogP contribution is 2.31. The van der Waals surface area contributed by atoms with Crippen molar-refractivity contribution in [2.24, 2.45) is 5.84 Å². The van der Waals surface area contributed by atoms with Gasteiger partial charge in [0.05, 0.1) is 6.04 Å². The average Bonchev–Trinajstić information content (AvgIpc) is 2.41. The van der Waals surface area contributed by atoms with Crippen LogP contribution in [0.3, 0.4) is 0 Å². The molecule has 1 atom stereocenters. The van der Waals surface area contributed by atoms with Crippen LogP contribution in [0, 0.1) is 25.5 Å². The molecule has 0 saturated carbocycles. The summed E-state index contributed by atoms with van der Waals surface area (Å²) in [4.78, 5) is 0. The highest BCUT2D eigenvalue weighted by Gasteiger charge is 2.22. The van der Waals surface area contributed by atoms with Crippen molar-refractivity contribution < 1.29 is 8.78 Å². The molecule has 3 N–H and O–H groups in total. The van der Waals surface area contributed by atoms with E-state index in [2.05, 4.69) is 5.43 Å². The Morgan fingerprint density at radius 3 is 2.30 bits per heavy atom. The van der Waals surface area contributed by atoms with Crippen LogP contribution in [0.5, 0.6) is 0 Å². The first-order chi connectivity index (χ1) is 9.45. The second kappa shape index (κ2) is 5.87. The summed E-state index contributed by atoms with van der Waals surface area (Å²) in [6, 6.07) is 7.66. The van der Waals surface area contributed by atoms with Crippen LogP contribution < -0.4 is 11.3 Å². The van der Waals surface area contributed by atoms with Crippen molar-refractivity contribution in [3.05, 3.63) is 69.2 Å². The molecule has 2 rings (SSSR count). The first kappa shape index (κ1) is 14.9. The Balaban J connectivity index is 2.55. The van der Waals surface area contributed by atoms with Crippen LogP contribution in [-0.2, 0) is 0 Å². The Kier molecular flexibility index (Phi) is 4.38. The lowest BCUT2D eigenvalue weighted by Crippen LogP contribution is -2.30. The Hall–Kier alpha value is -1.49. The molecule has 0 aliphatic heterocycles. The lowest BCUT2D eigenvalue weighted by molar-refractivity contribution is 0.478. The average molecular weight is 297 g/mol. The molecule has 0 aliphatic carbocycles. The predicted octanol–water partition coefficient (Wildman–Crippen LogP) is 3.79. The Morgan fingerprint density at radius 2 is 1.70 bits per heavy atom. The van der Waals surface area contributed by atoms with E-state index in [1.807, 2.05) is 13.0 Å². The number of aryl methyl sites for hydroxylation is 2. The van der Waals surface area contributed by atoms with Gasteiger partial charge in [-0.1, -0.05) is 35.9 Å². The molecule has 106 valence electrons. The van der Waals surface area contributed by atoms with Gasteiger partial charge in [0.15, 0.2) is 11.6 Å². The fraction of sp³-hybridized carbons (Fsp3) is 0.200. The maximum Gasteiger partial charge on any atom is 0.164 e. The highest BCUT2D eigenvalue weighted by molar-refractivity contribution is 6.31. The number of benzene rings is 2. The lowest BCUT2D eigenvalue weighted by atomic mass is 9.96. The van der Waals surface area contributed by atoms with Crippen molar-refractivity contribution in [2.75, 3.05) is 0 Å². The molecule has 0 aromatic heterocycles. The van der Waals surface area contributed by atoms with Gasteiger partial charge in [0.25, 0.3) is 0 Å². The van der Waals surface area contributed by atoms with Crippen LogP contribution >= 0.6 is 11.6 Å². The standard InChI is InChI=1S/C15H15ClF2N2/c1-8-3-5-10(12(16)7-8)15(20-19)11-6-4-9(2)13(17)14(11)18/h3-7,15,20H,19H2,1-2H3. The Morgan fingerprint density at radius 1 is 1.05 bits per heavy atom. The van der Waals surface area contributed by atoms with Gasteiger partial charge in [0, 0.05) is 10.6 Å². The normalized spacial score (nSPS) is 12.5. The Bertz CT molecular complexity index is 644. The first-order valence-corrected chi connectivity index (χ1v) is 6.50. The van der Waals surface area contributed by atoms with E-state index in [4.69, 9.17) is 17.4 Å². The van der Waals surface area contributed by atoms with E-state index >= 15 is 0 Å². The summed E-state index contributed by atoms with van der Waals surface area (Å²) in [5.74, 6) is 3.72. The number of hydrogen-bond donors (Lipinski definition) is 2. The van der Waals surface area contributed by atoms with Crippen molar-refractivity contribution in [1.82, 2.24) is 5.43 Å². The van der Waals surface area contributed by atoms with E-state index < -0.39 is 17.7 Å². The quantitative estimate of drug-likeness (QED) is 0.668. The molecule has 0 saturated heterocycles. The third-order valence-corrected chi connectivity index (χ3v) is 3.58. The second-order valence-corrected chi connectivity index (χ2v) is 5.13. The topological polar surface area (TPSA) is 38.0 Å². The minimum Gasteiger partial charge on any atom is -0.271 e. The van der Waals surface area contributed by atoms with E-state index in [1.165, 1.54) is 19.1 Å². The minimum absolute atomic E-state index is 0.126. The molecule has 0 bridgehead atoms. The highest BCUT2D eigenvalue weighted by atomic mass is 35.5. The first-order valence-electron chi connectivity index (χ1n) is 6.12.